The fourth-order valence-corrected chi connectivity index (χ4v) is 2.89. The summed E-state index contributed by atoms with van der Waals surface area (Å²) < 4.78 is 0. The Bertz CT molecular complexity index is 279. The summed E-state index contributed by atoms with van der Waals surface area (Å²) >= 11 is 1.88. The van der Waals surface area contributed by atoms with Gasteiger partial charge < -0.3 is 0 Å². The maximum atomic E-state index is 4.32. The van der Waals surface area contributed by atoms with Crippen molar-refractivity contribution in [3.05, 3.63) is 24.4 Å². The van der Waals surface area contributed by atoms with E-state index in [0.29, 0.717) is 0 Å². The van der Waals surface area contributed by atoms with Crippen LogP contribution in [-0.2, 0) is 0 Å². The van der Waals surface area contributed by atoms with Gasteiger partial charge in [0.1, 0.15) is 0 Å². The summed E-state index contributed by atoms with van der Waals surface area (Å²) in [5.41, 5.74) is 0. The van der Waals surface area contributed by atoms with Crippen LogP contribution < -0.4 is 0 Å². The summed E-state index contributed by atoms with van der Waals surface area (Å²) in [5.74, 6) is 1.22. The molecule has 1 rings (SSSR count). The molecule has 0 aliphatic carbocycles. The quantitative estimate of drug-likeness (QED) is 0.345. The van der Waals surface area contributed by atoms with Crippen LogP contribution in [0.4, 0.5) is 0 Å². The average Bonchev–Trinajstić information content (AvgIpc) is 2.42. The van der Waals surface area contributed by atoms with E-state index in [1.807, 2.05) is 24.0 Å². The molecule has 0 bridgehead atoms. The first-order valence-electron chi connectivity index (χ1n) is 7.47. The van der Waals surface area contributed by atoms with Crippen molar-refractivity contribution in [2.75, 3.05) is 5.75 Å². The minimum atomic E-state index is 0. The number of hydrogen-bond acceptors (Lipinski definition) is 2. The van der Waals surface area contributed by atoms with Crippen LogP contribution >= 0.6 is 28.7 Å². The number of halogens is 1. The first-order chi connectivity index (χ1) is 8.93. The van der Waals surface area contributed by atoms with Gasteiger partial charge in [0.15, 0.2) is 0 Å². The highest BCUT2D eigenvalue weighted by molar-refractivity contribution is 8.93. The van der Waals surface area contributed by atoms with Gasteiger partial charge in [-0.15, -0.1) is 28.7 Å². The highest BCUT2D eigenvalue weighted by Crippen LogP contribution is 2.17. The molecule has 0 radical (unpaired) electrons. The number of aromatic nitrogens is 1. The molecule has 0 fully saturated rings. The van der Waals surface area contributed by atoms with Crippen LogP contribution in [0.25, 0.3) is 0 Å². The Morgan fingerprint density at radius 3 is 2.11 bits per heavy atom. The van der Waals surface area contributed by atoms with E-state index in [4.69, 9.17) is 0 Å². The van der Waals surface area contributed by atoms with Gasteiger partial charge in [-0.25, -0.2) is 4.98 Å². The molecule has 0 aliphatic heterocycles. The predicted molar refractivity (Wildman–Crippen MR) is 92.5 cm³/mol. The summed E-state index contributed by atoms with van der Waals surface area (Å²) in [7, 11) is 0. The maximum Gasteiger partial charge on any atom is 0.0959 e. The molecule has 1 aromatic rings. The molecule has 0 saturated carbocycles. The molecule has 1 nitrogen and oxygen atoms in total. The van der Waals surface area contributed by atoms with Gasteiger partial charge in [-0.1, -0.05) is 64.4 Å². The van der Waals surface area contributed by atoms with Crippen molar-refractivity contribution in [3.8, 4) is 0 Å². The minimum Gasteiger partial charge on any atom is -0.250 e. The van der Waals surface area contributed by atoms with Crippen molar-refractivity contribution in [2.24, 2.45) is 0 Å². The van der Waals surface area contributed by atoms with Crippen molar-refractivity contribution in [3.63, 3.8) is 0 Å². The van der Waals surface area contributed by atoms with Crippen LogP contribution in [0.2, 0.25) is 0 Å². The fraction of sp³-hybridized carbons (Fsp3) is 0.688. The molecule has 0 aliphatic rings. The third kappa shape index (κ3) is 11.5. The van der Waals surface area contributed by atoms with E-state index < -0.39 is 0 Å². The van der Waals surface area contributed by atoms with E-state index >= 15 is 0 Å². The zero-order valence-corrected chi connectivity index (χ0v) is 14.7. The summed E-state index contributed by atoms with van der Waals surface area (Å²) in [6.45, 7) is 2.28. The molecule has 3 heteroatoms. The Balaban J connectivity index is 0.00000324. The van der Waals surface area contributed by atoms with E-state index in [0.717, 1.165) is 5.03 Å². The van der Waals surface area contributed by atoms with Gasteiger partial charge in [0.05, 0.1) is 5.03 Å². The molecular weight excluding hydrogens is 318 g/mol. The molecule has 0 atom stereocenters. The van der Waals surface area contributed by atoms with Crippen molar-refractivity contribution in [1.82, 2.24) is 4.98 Å². The molecule has 0 spiro atoms. The van der Waals surface area contributed by atoms with Crippen molar-refractivity contribution in [1.29, 1.82) is 0 Å². The number of hydrogen-bond donors (Lipinski definition) is 0. The van der Waals surface area contributed by atoms with E-state index in [9.17, 15) is 0 Å². The van der Waals surface area contributed by atoms with Crippen LogP contribution in [0.15, 0.2) is 29.4 Å². The predicted octanol–water partition coefficient (Wildman–Crippen LogP) is 6.28. The van der Waals surface area contributed by atoms with Gasteiger partial charge in [-0.2, -0.15) is 0 Å². The number of thioether (sulfide) groups is 1. The standard InChI is InChI=1S/C16H27NS.BrH/c1-2-3-4-5-6-7-8-9-12-15-18-16-13-10-11-14-17-16;/h10-11,13-14H,2-9,12,15H2,1H3;1H. The van der Waals surface area contributed by atoms with Crippen LogP contribution in [-0.4, -0.2) is 10.7 Å². The largest absolute Gasteiger partial charge is 0.250 e. The second-order valence-electron chi connectivity index (χ2n) is 4.84. The topological polar surface area (TPSA) is 12.9 Å². The summed E-state index contributed by atoms with van der Waals surface area (Å²) in [6, 6.07) is 6.13. The van der Waals surface area contributed by atoms with E-state index in [1.165, 1.54) is 63.5 Å². The van der Waals surface area contributed by atoms with Gasteiger partial charge >= 0.3 is 0 Å². The molecule has 0 aromatic carbocycles. The zero-order chi connectivity index (χ0) is 12.9. The molecular formula is C16H28BrNS. The molecule has 0 saturated heterocycles. The minimum absolute atomic E-state index is 0. The van der Waals surface area contributed by atoms with Gasteiger partial charge in [-0.05, 0) is 24.3 Å². The molecule has 0 amide bonds. The van der Waals surface area contributed by atoms with Gasteiger partial charge in [-0.3, -0.25) is 0 Å². The zero-order valence-electron chi connectivity index (χ0n) is 12.1. The van der Waals surface area contributed by atoms with Crippen LogP contribution in [0.1, 0.15) is 64.7 Å². The number of nitrogens with zero attached hydrogens (tertiary/aromatic N) is 1. The van der Waals surface area contributed by atoms with Crippen molar-refractivity contribution < 1.29 is 0 Å². The Morgan fingerprint density at radius 1 is 0.895 bits per heavy atom. The van der Waals surface area contributed by atoms with Crippen LogP contribution in [0.5, 0.6) is 0 Å². The Morgan fingerprint density at radius 2 is 1.53 bits per heavy atom. The number of rotatable bonds is 11. The Hall–Kier alpha value is -0.0200. The molecule has 19 heavy (non-hydrogen) atoms. The highest BCUT2D eigenvalue weighted by Gasteiger charge is 1.95. The summed E-state index contributed by atoms with van der Waals surface area (Å²) in [4.78, 5) is 4.32. The number of unbranched alkanes of at least 4 members (excludes halogenated alkanes) is 8. The molecule has 0 N–H and O–H groups in total. The molecule has 0 unspecified atom stereocenters. The van der Waals surface area contributed by atoms with Crippen molar-refractivity contribution in [2.45, 2.75) is 69.7 Å². The second-order valence-corrected chi connectivity index (χ2v) is 5.96. The third-order valence-corrected chi connectivity index (χ3v) is 4.17. The first kappa shape index (κ1) is 19.0. The molecule has 1 heterocycles. The Labute approximate surface area is 133 Å². The highest BCUT2D eigenvalue weighted by atomic mass is 79.9. The Kier molecular flexibility index (Phi) is 14.4. The average molecular weight is 346 g/mol. The first-order valence-corrected chi connectivity index (χ1v) is 8.46. The van der Waals surface area contributed by atoms with Gasteiger partial charge in [0, 0.05) is 6.20 Å². The summed E-state index contributed by atoms with van der Waals surface area (Å²) in [5, 5.41) is 1.16. The maximum absolute atomic E-state index is 4.32. The van der Waals surface area contributed by atoms with Gasteiger partial charge in [0.25, 0.3) is 0 Å². The fourth-order valence-electron chi connectivity index (χ4n) is 2.02. The number of pyridine rings is 1. The lowest BCUT2D eigenvalue weighted by molar-refractivity contribution is 0.573. The second kappa shape index (κ2) is 14.4. The lowest BCUT2D eigenvalue weighted by Crippen LogP contribution is -1.84. The SMILES string of the molecule is Br.CCCCCCCCCCCSc1ccccn1. The third-order valence-electron chi connectivity index (χ3n) is 3.14. The van der Waals surface area contributed by atoms with E-state index in [-0.39, 0.29) is 17.0 Å². The van der Waals surface area contributed by atoms with Crippen LogP contribution in [0, 0.1) is 0 Å². The van der Waals surface area contributed by atoms with Crippen molar-refractivity contribution >= 4 is 28.7 Å². The molecule has 1 aromatic heterocycles. The lowest BCUT2D eigenvalue weighted by atomic mass is 10.1. The van der Waals surface area contributed by atoms with E-state index in [1.54, 1.807) is 0 Å². The normalized spacial score (nSPS) is 10.2. The summed E-state index contributed by atoms with van der Waals surface area (Å²) in [6.07, 6.45) is 14.5. The van der Waals surface area contributed by atoms with E-state index in [2.05, 4.69) is 24.0 Å². The smallest absolute Gasteiger partial charge is 0.0959 e. The van der Waals surface area contributed by atoms with Gasteiger partial charge in [0.2, 0.25) is 0 Å². The van der Waals surface area contributed by atoms with Crippen LogP contribution in [0.3, 0.4) is 0 Å². The monoisotopic (exact) mass is 345 g/mol. The lowest BCUT2D eigenvalue weighted by Gasteiger charge is -2.02. The molecule has 110 valence electrons.